The third-order valence-corrected chi connectivity index (χ3v) is 8.78. The second-order valence-electron chi connectivity index (χ2n) is 10.7. The van der Waals surface area contributed by atoms with E-state index >= 15 is 0 Å². The van der Waals surface area contributed by atoms with Gasteiger partial charge in [0.1, 0.15) is 17.6 Å². The molecular formula is C29H37ClN2O6. The molecular weight excluding hydrogens is 508 g/mol. The van der Waals surface area contributed by atoms with E-state index in [9.17, 15) is 19.5 Å². The van der Waals surface area contributed by atoms with Gasteiger partial charge in [-0.2, -0.15) is 0 Å². The van der Waals surface area contributed by atoms with Gasteiger partial charge in [-0.05, 0) is 50.7 Å². The lowest BCUT2D eigenvalue weighted by Gasteiger charge is -2.37. The number of rotatable bonds is 11. The van der Waals surface area contributed by atoms with Crippen LogP contribution >= 0.6 is 11.6 Å². The molecule has 1 spiro atoms. The monoisotopic (exact) mass is 544 g/mol. The molecule has 1 aromatic carbocycles. The fourth-order valence-electron chi connectivity index (χ4n) is 6.75. The highest BCUT2D eigenvalue weighted by atomic mass is 35.5. The number of allylic oxidation sites excluding steroid dienone is 1. The maximum Gasteiger partial charge on any atom is 0.312 e. The van der Waals surface area contributed by atoms with Crippen molar-refractivity contribution in [2.75, 3.05) is 31.2 Å². The molecule has 3 heterocycles. The number of esters is 1. The predicted octanol–water partition coefficient (Wildman–Crippen LogP) is 3.68. The van der Waals surface area contributed by atoms with Crippen molar-refractivity contribution in [2.24, 2.45) is 17.8 Å². The van der Waals surface area contributed by atoms with Crippen LogP contribution in [0.1, 0.15) is 38.7 Å². The lowest BCUT2D eigenvalue weighted by Crippen LogP contribution is -2.57. The van der Waals surface area contributed by atoms with Gasteiger partial charge in [0.2, 0.25) is 5.91 Å². The van der Waals surface area contributed by atoms with Gasteiger partial charge in [0.15, 0.2) is 0 Å². The zero-order valence-corrected chi connectivity index (χ0v) is 23.1. The summed E-state index contributed by atoms with van der Waals surface area (Å²) in [5.74, 6) is -3.13. The van der Waals surface area contributed by atoms with Crippen LogP contribution in [0.4, 0.5) is 5.69 Å². The summed E-state index contributed by atoms with van der Waals surface area (Å²) in [7, 11) is 0. The van der Waals surface area contributed by atoms with Crippen LogP contribution in [0.3, 0.4) is 0 Å². The number of β-amino-alcohol motifs (C(OH)–C–C–N with tert-alkyl or cyclic N) is 1. The maximum absolute atomic E-state index is 14.5. The number of para-hydroxylation sites is 1. The van der Waals surface area contributed by atoms with Crippen LogP contribution < -0.4 is 4.90 Å². The second-order valence-corrected chi connectivity index (χ2v) is 11.1. The molecule has 3 aliphatic rings. The summed E-state index contributed by atoms with van der Waals surface area (Å²) in [5, 5.41) is 10.3. The largest absolute Gasteiger partial charge is 0.465 e. The Morgan fingerprint density at radius 2 is 2.08 bits per heavy atom. The molecule has 8 nitrogen and oxygen atoms in total. The van der Waals surface area contributed by atoms with E-state index in [1.165, 1.54) is 9.80 Å². The van der Waals surface area contributed by atoms with Gasteiger partial charge in [0.05, 0.1) is 35.4 Å². The Bertz CT molecular complexity index is 1120. The van der Waals surface area contributed by atoms with E-state index in [1.54, 1.807) is 24.3 Å². The minimum atomic E-state index is -1.24. The summed E-state index contributed by atoms with van der Waals surface area (Å²) in [4.78, 5) is 44.8. The summed E-state index contributed by atoms with van der Waals surface area (Å²) in [6, 6.07) is 4.32. The fraction of sp³-hybridized carbons (Fsp3) is 0.552. The van der Waals surface area contributed by atoms with Crippen LogP contribution in [0.5, 0.6) is 0 Å². The van der Waals surface area contributed by atoms with E-state index in [4.69, 9.17) is 21.1 Å². The Kier molecular flexibility index (Phi) is 8.07. The lowest BCUT2D eigenvalue weighted by atomic mass is 9.62. The molecule has 3 unspecified atom stereocenters. The Hall–Kier alpha value is -2.68. The van der Waals surface area contributed by atoms with E-state index in [0.717, 1.165) is 5.56 Å². The standard InChI is InChI=1S/C29H37ClN2O6/c1-6-8-9-16-37-27(36)22-21-25(34)32(14-15-33)24(29(21)17-19(4)28(22,5)38-29)26(35)31(13-7-2)23-18(3)11-10-12-20(23)30/h6-7,10-12,19,21-22,24,33H,1-2,8-9,13-17H2,3-5H3/t19?,21-,22+,24?,28-,29?/m0/s1. The van der Waals surface area contributed by atoms with Gasteiger partial charge < -0.3 is 24.4 Å². The molecule has 1 N–H and O–H groups in total. The maximum atomic E-state index is 14.5. The molecule has 0 aromatic heterocycles. The van der Waals surface area contributed by atoms with E-state index < -0.39 is 35.0 Å². The first-order chi connectivity index (χ1) is 18.1. The third kappa shape index (κ3) is 4.27. The average Bonchev–Trinajstić information content (AvgIpc) is 3.38. The molecule has 38 heavy (non-hydrogen) atoms. The molecule has 3 fully saturated rings. The predicted molar refractivity (Wildman–Crippen MR) is 145 cm³/mol. The number of benzene rings is 1. The van der Waals surface area contributed by atoms with Crippen molar-refractivity contribution >= 4 is 35.1 Å². The number of carbonyl (C=O) groups is 3. The zero-order valence-electron chi connectivity index (χ0n) is 22.3. The summed E-state index contributed by atoms with van der Waals surface area (Å²) in [6.07, 6.45) is 5.11. The van der Waals surface area contributed by atoms with Gasteiger partial charge in [-0.25, -0.2) is 0 Å². The minimum Gasteiger partial charge on any atom is -0.465 e. The molecule has 3 aliphatic heterocycles. The zero-order chi connectivity index (χ0) is 27.8. The number of ether oxygens (including phenoxy) is 2. The van der Waals surface area contributed by atoms with Crippen molar-refractivity contribution in [2.45, 2.75) is 57.3 Å². The molecule has 4 rings (SSSR count). The van der Waals surface area contributed by atoms with Crippen LogP contribution in [-0.4, -0.2) is 71.3 Å². The number of halogens is 1. The number of aliphatic hydroxyl groups is 1. The Balaban J connectivity index is 1.78. The van der Waals surface area contributed by atoms with Crippen LogP contribution in [-0.2, 0) is 23.9 Å². The molecule has 0 aliphatic carbocycles. The number of aryl methyl sites for hydroxylation is 1. The number of carbonyl (C=O) groups excluding carboxylic acids is 3. The number of anilines is 1. The molecule has 6 atom stereocenters. The Morgan fingerprint density at radius 3 is 2.71 bits per heavy atom. The molecule has 3 saturated heterocycles. The highest BCUT2D eigenvalue weighted by Gasteiger charge is 2.80. The summed E-state index contributed by atoms with van der Waals surface area (Å²) >= 11 is 6.56. The summed E-state index contributed by atoms with van der Waals surface area (Å²) < 4.78 is 12.3. The molecule has 9 heteroatoms. The molecule has 206 valence electrons. The summed E-state index contributed by atoms with van der Waals surface area (Å²) in [6.45, 7) is 13.1. The molecule has 0 radical (unpaired) electrons. The topological polar surface area (TPSA) is 96.4 Å². The highest BCUT2D eigenvalue weighted by Crippen LogP contribution is 2.65. The second kappa shape index (κ2) is 10.8. The first-order valence-electron chi connectivity index (χ1n) is 13.2. The average molecular weight is 545 g/mol. The van der Waals surface area contributed by atoms with Crippen LogP contribution in [0.25, 0.3) is 0 Å². The van der Waals surface area contributed by atoms with Crippen molar-refractivity contribution < 1.29 is 29.0 Å². The number of fused-ring (bicyclic) bond motifs is 1. The molecule has 2 bridgehead atoms. The summed E-state index contributed by atoms with van der Waals surface area (Å²) in [5.41, 5.74) is -0.891. The van der Waals surface area contributed by atoms with E-state index in [1.807, 2.05) is 26.8 Å². The van der Waals surface area contributed by atoms with E-state index in [-0.39, 0.29) is 44.0 Å². The van der Waals surface area contributed by atoms with Crippen molar-refractivity contribution in [1.82, 2.24) is 4.90 Å². The lowest BCUT2D eigenvalue weighted by molar-refractivity contribution is -0.161. The number of nitrogens with zero attached hydrogens (tertiary/aromatic N) is 2. The quantitative estimate of drug-likeness (QED) is 0.259. The molecule has 0 saturated carbocycles. The Labute approximate surface area is 229 Å². The smallest absolute Gasteiger partial charge is 0.312 e. The van der Waals surface area contributed by atoms with E-state index in [2.05, 4.69) is 13.2 Å². The Morgan fingerprint density at radius 1 is 1.34 bits per heavy atom. The van der Waals surface area contributed by atoms with Gasteiger partial charge in [-0.1, -0.05) is 42.8 Å². The van der Waals surface area contributed by atoms with Crippen LogP contribution in [0.2, 0.25) is 5.02 Å². The molecule has 1 aromatic rings. The van der Waals surface area contributed by atoms with Crippen molar-refractivity contribution in [3.63, 3.8) is 0 Å². The number of amides is 2. The third-order valence-electron chi connectivity index (χ3n) is 8.48. The SMILES string of the molecule is C=CCCCOC(=O)[C@H]1[C@H]2C(=O)N(CCO)C(C(=O)N(CC=C)c3c(C)cccc3Cl)C23CC(C)[C@]1(C)O3. The van der Waals surface area contributed by atoms with Crippen LogP contribution in [0.15, 0.2) is 43.5 Å². The minimum absolute atomic E-state index is 0.0630. The van der Waals surface area contributed by atoms with Gasteiger partial charge in [-0.15, -0.1) is 13.2 Å². The highest BCUT2D eigenvalue weighted by molar-refractivity contribution is 6.34. The molecule has 2 amide bonds. The van der Waals surface area contributed by atoms with Gasteiger partial charge in [-0.3, -0.25) is 14.4 Å². The number of hydrogen-bond acceptors (Lipinski definition) is 6. The first-order valence-corrected chi connectivity index (χ1v) is 13.5. The van der Waals surface area contributed by atoms with Gasteiger partial charge in [0, 0.05) is 13.1 Å². The van der Waals surface area contributed by atoms with Crippen molar-refractivity contribution in [1.29, 1.82) is 0 Å². The number of likely N-dealkylation sites (tertiary alicyclic amines) is 1. The van der Waals surface area contributed by atoms with Crippen LogP contribution in [0, 0.1) is 24.7 Å². The van der Waals surface area contributed by atoms with Gasteiger partial charge in [0.25, 0.3) is 5.91 Å². The number of aliphatic hydroxyl groups excluding tert-OH is 1. The normalized spacial score (nSPS) is 31.3. The fourth-order valence-corrected chi connectivity index (χ4v) is 7.07. The van der Waals surface area contributed by atoms with Gasteiger partial charge >= 0.3 is 5.97 Å². The number of unbranched alkanes of at least 4 members (excludes halogenated alkanes) is 1. The number of hydrogen-bond donors (Lipinski definition) is 1. The van der Waals surface area contributed by atoms with E-state index in [0.29, 0.717) is 30.0 Å². The van der Waals surface area contributed by atoms with Crippen molar-refractivity contribution in [3.8, 4) is 0 Å². The van der Waals surface area contributed by atoms with Crippen molar-refractivity contribution in [3.05, 3.63) is 54.1 Å². The first kappa shape index (κ1) is 28.3.